The van der Waals surface area contributed by atoms with Crippen LogP contribution in [0.5, 0.6) is 5.88 Å². The van der Waals surface area contributed by atoms with Gasteiger partial charge in [0.2, 0.25) is 5.88 Å². The molecule has 5 heteroatoms. The summed E-state index contributed by atoms with van der Waals surface area (Å²) < 4.78 is 1.60. The monoisotopic (exact) mass is 253 g/mol. The molecule has 3 N–H and O–H groups in total. The predicted octanol–water partition coefficient (Wildman–Crippen LogP) is 1.74. The van der Waals surface area contributed by atoms with Crippen molar-refractivity contribution >= 4 is 0 Å². The molecule has 0 spiro atoms. The molecule has 1 saturated carbocycles. The van der Waals surface area contributed by atoms with Crippen LogP contribution in [0.1, 0.15) is 23.6 Å². The fourth-order valence-corrected chi connectivity index (χ4v) is 2.14. The van der Waals surface area contributed by atoms with Gasteiger partial charge in [-0.1, -0.05) is 6.07 Å². The highest BCUT2D eigenvalue weighted by atomic mass is 16.3. The van der Waals surface area contributed by atoms with Crippen molar-refractivity contribution in [2.45, 2.75) is 19.0 Å². The lowest BCUT2D eigenvalue weighted by Crippen LogP contribution is -2.00. The van der Waals surface area contributed by atoms with Crippen molar-refractivity contribution in [1.82, 2.24) is 9.78 Å². The third kappa shape index (κ3) is 1.96. The third-order valence-corrected chi connectivity index (χ3v) is 3.27. The van der Waals surface area contributed by atoms with Gasteiger partial charge in [0, 0.05) is 6.54 Å². The Labute approximate surface area is 110 Å². The number of aromatic hydroxyl groups is 1. The number of aromatic nitrogens is 2. The molecule has 19 heavy (non-hydrogen) atoms. The van der Waals surface area contributed by atoms with Crippen LogP contribution >= 0.6 is 0 Å². The van der Waals surface area contributed by atoms with Crippen molar-refractivity contribution in [1.29, 1.82) is 5.26 Å². The number of benzene rings is 1. The molecule has 1 atom stereocenters. The number of nitrogens with two attached hydrogens (primary N) is 1. The van der Waals surface area contributed by atoms with E-state index in [9.17, 15) is 5.11 Å². The Balaban J connectivity index is 2.09. The van der Waals surface area contributed by atoms with Gasteiger partial charge < -0.3 is 10.8 Å². The van der Waals surface area contributed by atoms with Crippen LogP contribution in [0.2, 0.25) is 0 Å². The smallest absolute Gasteiger partial charge is 0.217 e. The molecule has 1 aromatic heterocycles. The number of hydrogen-bond acceptors (Lipinski definition) is 4. The summed E-state index contributed by atoms with van der Waals surface area (Å²) >= 11 is 0. The van der Waals surface area contributed by atoms with E-state index in [0.29, 0.717) is 17.7 Å². The molecule has 1 unspecified atom stereocenters. The number of nitrogens with zero attached hydrogens (tertiary/aromatic N) is 3. The molecule has 0 saturated heterocycles. The molecule has 0 aliphatic heterocycles. The molecule has 2 aromatic rings. The molecule has 1 radical (unpaired) electrons. The van der Waals surface area contributed by atoms with Crippen LogP contribution in [0.4, 0.5) is 0 Å². The summed E-state index contributed by atoms with van der Waals surface area (Å²) in [5.74, 6) is 0.151. The Bertz CT molecular complexity index is 665. The van der Waals surface area contributed by atoms with E-state index in [4.69, 9.17) is 11.0 Å². The van der Waals surface area contributed by atoms with Gasteiger partial charge in [0.1, 0.15) is 0 Å². The average molecular weight is 253 g/mol. The lowest BCUT2D eigenvalue weighted by atomic mass is 10.00. The first-order valence-corrected chi connectivity index (χ1v) is 6.08. The first kappa shape index (κ1) is 11.8. The standard InChI is InChI=1S/C14H13N4O/c15-6-9-1-4-12(10(5-9)7-16)13-8-17-18(14(13)19)11-2-3-11/h1-2,4-5,8,11,19H,3,7,16H2. The molecule has 1 aromatic carbocycles. The topological polar surface area (TPSA) is 87.9 Å². The zero-order valence-corrected chi connectivity index (χ0v) is 10.2. The lowest BCUT2D eigenvalue weighted by molar-refractivity contribution is 0.405. The van der Waals surface area contributed by atoms with Crippen molar-refractivity contribution in [3.8, 4) is 23.1 Å². The van der Waals surface area contributed by atoms with Crippen molar-refractivity contribution < 1.29 is 5.11 Å². The van der Waals surface area contributed by atoms with E-state index in [1.54, 1.807) is 29.1 Å². The lowest BCUT2D eigenvalue weighted by Gasteiger charge is -2.07. The van der Waals surface area contributed by atoms with Crippen molar-refractivity contribution in [3.05, 3.63) is 41.9 Å². The summed E-state index contributed by atoms with van der Waals surface area (Å²) in [5.41, 5.74) is 8.59. The van der Waals surface area contributed by atoms with Crippen LogP contribution in [-0.2, 0) is 6.54 Å². The van der Waals surface area contributed by atoms with E-state index in [1.165, 1.54) is 0 Å². The summed E-state index contributed by atoms with van der Waals surface area (Å²) in [4.78, 5) is 0. The van der Waals surface area contributed by atoms with Crippen LogP contribution in [0.15, 0.2) is 24.4 Å². The largest absolute Gasteiger partial charge is 0.493 e. The minimum atomic E-state index is 0.151. The molecule has 1 heterocycles. The Hall–Kier alpha value is -2.32. The molecule has 1 aliphatic carbocycles. The van der Waals surface area contributed by atoms with Crippen molar-refractivity contribution in [2.75, 3.05) is 0 Å². The van der Waals surface area contributed by atoms with Gasteiger partial charge in [-0.3, -0.25) is 0 Å². The molecular formula is C14H13N4O. The van der Waals surface area contributed by atoms with Crippen LogP contribution in [-0.4, -0.2) is 14.9 Å². The quantitative estimate of drug-likeness (QED) is 0.872. The fourth-order valence-electron chi connectivity index (χ4n) is 2.14. The SMILES string of the molecule is N#Cc1ccc(-c2cnn(C3[CH]C3)c2O)c(CN)c1. The van der Waals surface area contributed by atoms with Gasteiger partial charge in [-0.2, -0.15) is 10.4 Å². The van der Waals surface area contributed by atoms with Gasteiger partial charge >= 0.3 is 0 Å². The van der Waals surface area contributed by atoms with Gasteiger partial charge in [-0.15, -0.1) is 0 Å². The summed E-state index contributed by atoms with van der Waals surface area (Å²) in [6.45, 7) is 0.311. The second kappa shape index (κ2) is 4.41. The number of hydrogen-bond donors (Lipinski definition) is 2. The molecule has 3 rings (SSSR count). The molecule has 5 nitrogen and oxygen atoms in total. The molecule has 1 fully saturated rings. The Kier molecular flexibility index (Phi) is 2.73. The summed E-state index contributed by atoms with van der Waals surface area (Å²) in [6, 6.07) is 7.55. The maximum absolute atomic E-state index is 10.2. The van der Waals surface area contributed by atoms with Gasteiger partial charge in [0.15, 0.2) is 0 Å². The first-order chi connectivity index (χ1) is 9.24. The molecular weight excluding hydrogens is 240 g/mol. The summed E-state index contributed by atoms with van der Waals surface area (Å²) in [7, 11) is 0. The second-order valence-corrected chi connectivity index (χ2v) is 4.55. The van der Waals surface area contributed by atoms with Crippen LogP contribution in [0, 0.1) is 17.8 Å². The van der Waals surface area contributed by atoms with Gasteiger partial charge in [-0.25, -0.2) is 4.68 Å². The Morgan fingerprint density at radius 1 is 1.47 bits per heavy atom. The average Bonchev–Trinajstić information content (AvgIpc) is 3.21. The predicted molar refractivity (Wildman–Crippen MR) is 69.9 cm³/mol. The molecule has 0 amide bonds. The first-order valence-electron chi connectivity index (χ1n) is 6.08. The van der Waals surface area contributed by atoms with E-state index < -0.39 is 0 Å². The van der Waals surface area contributed by atoms with E-state index in [2.05, 4.69) is 17.6 Å². The molecule has 0 bridgehead atoms. The van der Waals surface area contributed by atoms with Crippen molar-refractivity contribution in [2.24, 2.45) is 5.73 Å². The van der Waals surface area contributed by atoms with Crippen LogP contribution < -0.4 is 5.73 Å². The van der Waals surface area contributed by atoms with Crippen molar-refractivity contribution in [3.63, 3.8) is 0 Å². The highest BCUT2D eigenvalue weighted by Crippen LogP contribution is 2.40. The van der Waals surface area contributed by atoms with E-state index in [1.807, 2.05) is 0 Å². The van der Waals surface area contributed by atoms with E-state index in [-0.39, 0.29) is 11.9 Å². The zero-order chi connectivity index (χ0) is 13.4. The highest BCUT2D eigenvalue weighted by molar-refractivity contribution is 5.72. The van der Waals surface area contributed by atoms with Gasteiger partial charge in [0.25, 0.3) is 0 Å². The number of nitriles is 1. The number of rotatable bonds is 3. The minimum absolute atomic E-state index is 0.151. The maximum Gasteiger partial charge on any atom is 0.217 e. The molecule has 1 aliphatic rings. The second-order valence-electron chi connectivity index (χ2n) is 4.55. The van der Waals surface area contributed by atoms with Crippen LogP contribution in [0.25, 0.3) is 11.1 Å². The van der Waals surface area contributed by atoms with Gasteiger partial charge in [0.05, 0.1) is 29.4 Å². The summed E-state index contributed by atoms with van der Waals surface area (Å²) in [5, 5.41) is 23.3. The Morgan fingerprint density at radius 2 is 2.26 bits per heavy atom. The zero-order valence-electron chi connectivity index (χ0n) is 10.2. The Morgan fingerprint density at radius 3 is 2.89 bits per heavy atom. The maximum atomic E-state index is 10.2. The van der Waals surface area contributed by atoms with Gasteiger partial charge in [-0.05, 0) is 36.1 Å². The fraction of sp³-hybridized carbons (Fsp3) is 0.214. The minimum Gasteiger partial charge on any atom is -0.493 e. The van der Waals surface area contributed by atoms with Crippen LogP contribution in [0.3, 0.4) is 0 Å². The third-order valence-electron chi connectivity index (χ3n) is 3.27. The highest BCUT2D eigenvalue weighted by Gasteiger charge is 2.29. The summed E-state index contributed by atoms with van der Waals surface area (Å²) in [6.07, 6.45) is 4.65. The van der Waals surface area contributed by atoms with E-state index >= 15 is 0 Å². The normalized spacial score (nSPS) is 14.3. The van der Waals surface area contributed by atoms with E-state index in [0.717, 1.165) is 17.5 Å². The molecule has 95 valence electrons.